The number of hydrogen-bond donors (Lipinski definition) is 1. The number of hydrogen-bond acceptors (Lipinski definition) is 5. The number of anilines is 1. The molecule has 134 valence electrons. The van der Waals surface area contributed by atoms with Crippen LogP contribution in [0.4, 0.5) is 11.4 Å². The van der Waals surface area contributed by atoms with Crippen molar-refractivity contribution in [3.63, 3.8) is 0 Å². The molecule has 0 saturated carbocycles. The Labute approximate surface area is 165 Å². The van der Waals surface area contributed by atoms with E-state index in [2.05, 4.69) is 19.2 Å². The Morgan fingerprint density at radius 3 is 2.62 bits per heavy atom. The average molecular weight is 403 g/mol. The molecule has 0 aliphatic carbocycles. The summed E-state index contributed by atoms with van der Waals surface area (Å²) in [5.74, 6) is 0.866. The summed E-state index contributed by atoms with van der Waals surface area (Å²) in [4.78, 5) is 6.21. The van der Waals surface area contributed by atoms with E-state index < -0.39 is 0 Å². The first-order chi connectivity index (χ1) is 12.5. The van der Waals surface area contributed by atoms with Crippen molar-refractivity contribution in [1.82, 2.24) is 0 Å². The van der Waals surface area contributed by atoms with E-state index in [4.69, 9.17) is 21.3 Å². The van der Waals surface area contributed by atoms with Gasteiger partial charge in [0.05, 0.1) is 22.7 Å². The molecule has 0 radical (unpaired) electrons. The van der Waals surface area contributed by atoms with Gasteiger partial charge in [0.1, 0.15) is 10.4 Å². The van der Waals surface area contributed by atoms with Crippen LogP contribution in [-0.4, -0.2) is 6.61 Å². The smallest absolute Gasteiger partial charge is 0.135 e. The highest BCUT2D eigenvalue weighted by molar-refractivity contribution is 7.68. The molecule has 0 saturated heterocycles. The monoisotopic (exact) mass is 402 g/mol. The van der Waals surface area contributed by atoms with Gasteiger partial charge in [-0.1, -0.05) is 32.3 Å². The van der Waals surface area contributed by atoms with Crippen molar-refractivity contribution in [2.45, 2.75) is 26.3 Å². The molecule has 3 aromatic rings. The summed E-state index contributed by atoms with van der Waals surface area (Å²) in [6.07, 6.45) is 0. The lowest BCUT2D eigenvalue weighted by Crippen LogP contribution is -2.31. The molecular weight excluding hydrogens is 384 g/mol. The van der Waals surface area contributed by atoms with Crippen LogP contribution in [0.2, 0.25) is 5.02 Å². The third-order valence-electron chi connectivity index (χ3n) is 4.29. The fourth-order valence-electron chi connectivity index (χ4n) is 3.12. The summed E-state index contributed by atoms with van der Waals surface area (Å²) < 4.78 is 6.53. The highest BCUT2D eigenvalue weighted by Gasteiger charge is 2.33. The zero-order valence-electron chi connectivity index (χ0n) is 14.8. The molecule has 1 aromatic heterocycles. The van der Waals surface area contributed by atoms with Gasteiger partial charge in [-0.15, -0.1) is 0 Å². The van der Waals surface area contributed by atoms with Gasteiger partial charge in [-0.25, -0.2) is 4.99 Å². The van der Waals surface area contributed by atoms with Gasteiger partial charge in [0.15, 0.2) is 0 Å². The maximum absolute atomic E-state index is 6.28. The Hall–Kier alpha value is -1.82. The van der Waals surface area contributed by atoms with Crippen LogP contribution < -0.4 is 14.7 Å². The molecule has 0 atom stereocenters. The lowest BCUT2D eigenvalue weighted by atomic mass is 9.90. The molecule has 0 bridgehead atoms. The van der Waals surface area contributed by atoms with E-state index in [9.17, 15) is 0 Å². The van der Waals surface area contributed by atoms with Gasteiger partial charge in [0.2, 0.25) is 0 Å². The highest BCUT2D eigenvalue weighted by atomic mass is 35.5. The molecule has 1 aliphatic heterocycles. The van der Waals surface area contributed by atoms with E-state index in [0.29, 0.717) is 6.61 Å². The molecule has 1 aliphatic rings. The summed E-state index contributed by atoms with van der Waals surface area (Å²) in [5, 5.41) is 4.35. The minimum atomic E-state index is -0.135. The maximum Gasteiger partial charge on any atom is 0.135 e. The number of nitrogens with one attached hydrogen (secondary N) is 1. The van der Waals surface area contributed by atoms with Crippen molar-refractivity contribution in [3.05, 3.63) is 57.0 Å². The Morgan fingerprint density at radius 1 is 1.12 bits per heavy atom. The second-order valence-electron chi connectivity index (χ2n) is 6.65. The first kappa shape index (κ1) is 17.6. The van der Waals surface area contributed by atoms with Crippen molar-refractivity contribution < 1.29 is 4.74 Å². The molecular formula is C20H19ClN2OS2. The molecule has 4 rings (SSSR count). The molecule has 0 amide bonds. The standard InChI is InChI=1S/C20H19ClN2OS2/c1-4-24-14-8-6-13(7-9-14)22-19-17-15-11-12(21)5-10-16(15)23-20(2,3)18(17)25-26-19/h5-11,23H,4H2,1-3H3. The normalized spacial score (nSPS) is 15.2. The zero-order chi connectivity index (χ0) is 18.3. The second kappa shape index (κ2) is 6.72. The summed E-state index contributed by atoms with van der Waals surface area (Å²) in [7, 11) is 3.48. The van der Waals surface area contributed by atoms with Gasteiger partial charge in [-0.3, -0.25) is 0 Å². The number of halogens is 1. The first-order valence-electron chi connectivity index (χ1n) is 8.47. The largest absolute Gasteiger partial charge is 0.494 e. The number of benzene rings is 2. The van der Waals surface area contributed by atoms with Crippen molar-refractivity contribution >= 4 is 43.7 Å². The number of fused-ring (bicyclic) bond motifs is 3. The molecule has 26 heavy (non-hydrogen) atoms. The lowest BCUT2D eigenvalue weighted by molar-refractivity contribution is 0.340. The van der Waals surface area contributed by atoms with Crippen LogP contribution in [0.3, 0.4) is 0 Å². The average Bonchev–Trinajstić information content (AvgIpc) is 3.03. The van der Waals surface area contributed by atoms with E-state index >= 15 is 0 Å². The van der Waals surface area contributed by atoms with Gasteiger partial charge < -0.3 is 10.1 Å². The number of rotatable bonds is 3. The molecule has 2 aromatic carbocycles. The lowest BCUT2D eigenvalue weighted by Gasteiger charge is -2.33. The molecule has 0 fully saturated rings. The van der Waals surface area contributed by atoms with Crippen LogP contribution in [0.25, 0.3) is 11.1 Å². The SMILES string of the molecule is CCOc1ccc(N=c2ssc3c2-c2cc(Cl)ccc2NC3(C)C)cc1. The van der Waals surface area contributed by atoms with Crippen LogP contribution in [0.1, 0.15) is 25.6 Å². The fraction of sp³-hybridized carbons (Fsp3) is 0.250. The fourth-order valence-corrected chi connectivity index (χ4v) is 6.23. The molecule has 3 nitrogen and oxygen atoms in total. The van der Waals surface area contributed by atoms with E-state index in [0.717, 1.165) is 32.4 Å². The van der Waals surface area contributed by atoms with Crippen molar-refractivity contribution in [1.29, 1.82) is 0 Å². The predicted molar refractivity (Wildman–Crippen MR) is 112 cm³/mol. The van der Waals surface area contributed by atoms with Crippen LogP contribution in [-0.2, 0) is 5.54 Å². The Balaban J connectivity index is 1.87. The summed E-state index contributed by atoms with van der Waals surface area (Å²) >= 11 is 6.28. The van der Waals surface area contributed by atoms with E-state index in [1.165, 1.54) is 10.4 Å². The summed E-state index contributed by atoms with van der Waals surface area (Å²) in [6.45, 7) is 7.05. The molecule has 2 heterocycles. The van der Waals surface area contributed by atoms with Gasteiger partial charge in [-0.05, 0) is 63.2 Å². The molecule has 6 heteroatoms. The van der Waals surface area contributed by atoms with Gasteiger partial charge in [-0.2, -0.15) is 0 Å². The van der Waals surface area contributed by atoms with Crippen LogP contribution in [0, 0.1) is 0 Å². The third-order valence-corrected chi connectivity index (χ3v) is 7.17. The van der Waals surface area contributed by atoms with Crippen LogP contribution in [0.5, 0.6) is 5.75 Å². The Bertz CT molecular complexity index is 1020. The third kappa shape index (κ3) is 3.15. The van der Waals surface area contributed by atoms with E-state index in [1.807, 2.05) is 49.4 Å². The van der Waals surface area contributed by atoms with Gasteiger partial charge in [0.25, 0.3) is 0 Å². The van der Waals surface area contributed by atoms with Crippen LogP contribution in [0.15, 0.2) is 47.5 Å². The van der Waals surface area contributed by atoms with Crippen molar-refractivity contribution in [2.24, 2.45) is 4.99 Å². The zero-order valence-corrected chi connectivity index (χ0v) is 17.2. The number of ether oxygens (including phenoxy) is 1. The highest BCUT2D eigenvalue weighted by Crippen LogP contribution is 2.46. The second-order valence-corrected chi connectivity index (χ2v) is 9.22. The summed E-state index contributed by atoms with van der Waals surface area (Å²) in [6, 6.07) is 13.9. The van der Waals surface area contributed by atoms with E-state index in [-0.39, 0.29) is 5.54 Å². The minimum Gasteiger partial charge on any atom is -0.494 e. The van der Waals surface area contributed by atoms with Gasteiger partial charge >= 0.3 is 0 Å². The van der Waals surface area contributed by atoms with E-state index in [1.54, 1.807) is 20.7 Å². The van der Waals surface area contributed by atoms with Crippen molar-refractivity contribution in [2.75, 3.05) is 11.9 Å². The molecule has 0 spiro atoms. The minimum absolute atomic E-state index is 0.135. The van der Waals surface area contributed by atoms with Gasteiger partial charge in [0, 0.05) is 21.8 Å². The predicted octanol–water partition coefficient (Wildman–Crippen LogP) is 6.42. The molecule has 0 unspecified atom stereocenters. The number of nitrogens with zero attached hydrogens (tertiary/aromatic N) is 1. The quantitative estimate of drug-likeness (QED) is 0.512. The summed E-state index contributed by atoms with van der Waals surface area (Å²) in [5.41, 5.74) is 4.19. The first-order valence-corrected chi connectivity index (χ1v) is 11.0. The van der Waals surface area contributed by atoms with Crippen LogP contribution >= 0.6 is 32.3 Å². The maximum atomic E-state index is 6.28. The molecule has 1 N–H and O–H groups in total. The Morgan fingerprint density at radius 2 is 1.88 bits per heavy atom. The topological polar surface area (TPSA) is 33.6 Å². The Kier molecular flexibility index (Phi) is 4.55. The van der Waals surface area contributed by atoms with Crippen molar-refractivity contribution in [3.8, 4) is 16.9 Å².